The second kappa shape index (κ2) is 6.60. The quantitative estimate of drug-likeness (QED) is 0.600. The van der Waals surface area contributed by atoms with Crippen molar-refractivity contribution in [2.45, 2.75) is 17.9 Å². The van der Waals surface area contributed by atoms with Gasteiger partial charge in [0.2, 0.25) is 15.9 Å². The average molecular weight is 343 g/mol. The van der Waals surface area contributed by atoms with E-state index in [1.807, 2.05) is 0 Å². The van der Waals surface area contributed by atoms with E-state index in [-0.39, 0.29) is 42.7 Å². The molecule has 1 fully saturated rings. The molecule has 0 radical (unpaired) electrons. The highest BCUT2D eigenvalue weighted by Crippen LogP contribution is 2.21. The van der Waals surface area contributed by atoms with E-state index in [4.69, 9.17) is 0 Å². The molecule has 1 saturated heterocycles. The molecule has 23 heavy (non-hydrogen) atoms. The molecule has 1 aromatic carbocycles. The number of nitrogens with zero attached hydrogens (tertiary/aromatic N) is 3. The number of carbonyl (C=O) groups excluding carboxylic acids is 1. The standard InChI is InChI=1S/C13H17N3O6S/c1-10(17)14-6-7-15(9-12(18)8-14)23(21,22)13-4-2-11(3-5-13)16(19)20/h2-5,12,18H,6-9H2,1H3. The first-order valence-electron chi connectivity index (χ1n) is 6.90. The smallest absolute Gasteiger partial charge is 0.269 e. The molecule has 0 spiro atoms. The normalized spacial score (nSPS) is 20.1. The molecule has 2 rings (SSSR count). The molecule has 1 heterocycles. The number of amides is 1. The molecule has 1 aliphatic heterocycles. The van der Waals surface area contributed by atoms with Crippen molar-refractivity contribution < 1.29 is 23.2 Å². The number of nitro groups is 1. The number of aliphatic hydroxyl groups is 1. The average Bonchev–Trinajstić information content (AvgIpc) is 2.69. The molecule has 126 valence electrons. The maximum Gasteiger partial charge on any atom is 0.269 e. The third-order valence-electron chi connectivity index (χ3n) is 3.60. The molecule has 1 atom stereocenters. The van der Waals surface area contributed by atoms with Crippen LogP contribution in [-0.2, 0) is 14.8 Å². The molecular formula is C13H17N3O6S. The molecular weight excluding hydrogens is 326 g/mol. The molecule has 1 aliphatic rings. The largest absolute Gasteiger partial charge is 0.390 e. The Morgan fingerprint density at radius 3 is 2.39 bits per heavy atom. The van der Waals surface area contributed by atoms with Crippen LogP contribution < -0.4 is 0 Å². The minimum atomic E-state index is -3.90. The highest BCUT2D eigenvalue weighted by Gasteiger charge is 2.31. The van der Waals surface area contributed by atoms with Crippen LogP contribution in [0.5, 0.6) is 0 Å². The lowest BCUT2D eigenvalue weighted by atomic mass is 10.3. The topological polar surface area (TPSA) is 121 Å². The second-order valence-corrected chi connectivity index (χ2v) is 7.17. The monoisotopic (exact) mass is 343 g/mol. The van der Waals surface area contributed by atoms with Crippen molar-refractivity contribution in [1.82, 2.24) is 9.21 Å². The predicted molar refractivity (Wildman–Crippen MR) is 80.1 cm³/mol. The Kier molecular flexibility index (Phi) is 4.97. The molecule has 0 aromatic heterocycles. The van der Waals surface area contributed by atoms with Gasteiger partial charge in [0.1, 0.15) is 0 Å². The number of sulfonamides is 1. The van der Waals surface area contributed by atoms with Crippen LogP contribution in [0.4, 0.5) is 5.69 Å². The predicted octanol–water partition coefficient (Wildman–Crippen LogP) is -0.191. The summed E-state index contributed by atoms with van der Waals surface area (Å²) >= 11 is 0. The third-order valence-corrected chi connectivity index (χ3v) is 5.47. The Bertz CT molecular complexity index is 703. The van der Waals surface area contributed by atoms with Gasteiger partial charge in [0, 0.05) is 45.2 Å². The van der Waals surface area contributed by atoms with Crippen LogP contribution in [0, 0.1) is 10.1 Å². The van der Waals surface area contributed by atoms with Gasteiger partial charge in [-0.3, -0.25) is 14.9 Å². The summed E-state index contributed by atoms with van der Waals surface area (Å²) in [6, 6.07) is 4.55. The molecule has 1 amide bonds. The molecule has 1 N–H and O–H groups in total. The summed E-state index contributed by atoms with van der Waals surface area (Å²) in [5.74, 6) is -0.237. The van der Waals surface area contributed by atoms with Crippen LogP contribution in [0.3, 0.4) is 0 Å². The van der Waals surface area contributed by atoms with Crippen LogP contribution in [0.25, 0.3) is 0 Å². The minimum absolute atomic E-state index is 0.0515. The van der Waals surface area contributed by atoms with Gasteiger partial charge in [-0.05, 0) is 12.1 Å². The van der Waals surface area contributed by atoms with E-state index in [0.29, 0.717) is 0 Å². The number of aliphatic hydroxyl groups excluding tert-OH is 1. The van der Waals surface area contributed by atoms with E-state index in [2.05, 4.69) is 0 Å². The zero-order chi connectivity index (χ0) is 17.2. The fourth-order valence-corrected chi connectivity index (χ4v) is 3.82. The van der Waals surface area contributed by atoms with E-state index in [1.165, 1.54) is 11.8 Å². The summed E-state index contributed by atoms with van der Waals surface area (Å²) < 4.78 is 26.3. The Morgan fingerprint density at radius 2 is 1.87 bits per heavy atom. The van der Waals surface area contributed by atoms with E-state index in [1.54, 1.807) is 0 Å². The number of β-amino-alcohol motifs (C(OH)–C–C–N with tert-alkyl or cyclic N) is 1. The van der Waals surface area contributed by atoms with E-state index in [0.717, 1.165) is 28.6 Å². The van der Waals surface area contributed by atoms with Crippen molar-refractivity contribution in [3.63, 3.8) is 0 Å². The van der Waals surface area contributed by atoms with Crippen LogP contribution in [-0.4, -0.2) is 65.8 Å². The minimum Gasteiger partial charge on any atom is -0.390 e. The zero-order valence-electron chi connectivity index (χ0n) is 12.5. The number of benzene rings is 1. The van der Waals surface area contributed by atoms with Crippen molar-refractivity contribution in [3.8, 4) is 0 Å². The van der Waals surface area contributed by atoms with Gasteiger partial charge >= 0.3 is 0 Å². The van der Waals surface area contributed by atoms with Crippen molar-refractivity contribution in [3.05, 3.63) is 34.4 Å². The van der Waals surface area contributed by atoms with Crippen molar-refractivity contribution in [2.24, 2.45) is 0 Å². The Labute approximate surface area is 133 Å². The highest BCUT2D eigenvalue weighted by atomic mass is 32.2. The van der Waals surface area contributed by atoms with Gasteiger partial charge < -0.3 is 10.0 Å². The van der Waals surface area contributed by atoms with Crippen LogP contribution >= 0.6 is 0 Å². The first kappa shape index (κ1) is 17.3. The van der Waals surface area contributed by atoms with Gasteiger partial charge in [0.25, 0.3) is 5.69 Å². The Morgan fingerprint density at radius 1 is 1.26 bits per heavy atom. The molecule has 9 nitrogen and oxygen atoms in total. The molecule has 1 aromatic rings. The first-order chi connectivity index (χ1) is 10.7. The van der Waals surface area contributed by atoms with Crippen molar-refractivity contribution in [1.29, 1.82) is 0 Å². The Hall–Kier alpha value is -2.04. The summed E-state index contributed by atoms with van der Waals surface area (Å²) in [5.41, 5.74) is -0.206. The molecule has 0 bridgehead atoms. The van der Waals surface area contributed by atoms with Gasteiger partial charge in [-0.1, -0.05) is 0 Å². The third kappa shape index (κ3) is 3.84. The first-order valence-corrected chi connectivity index (χ1v) is 8.34. The summed E-state index contributed by atoms with van der Waals surface area (Å²) in [6.07, 6.45) is -0.991. The van der Waals surface area contributed by atoms with Crippen LogP contribution in [0.15, 0.2) is 29.2 Å². The fourth-order valence-electron chi connectivity index (χ4n) is 2.36. The molecule has 10 heteroatoms. The summed E-state index contributed by atoms with van der Waals surface area (Å²) in [6.45, 7) is 1.52. The van der Waals surface area contributed by atoms with E-state index < -0.39 is 21.1 Å². The SMILES string of the molecule is CC(=O)N1CCN(S(=O)(=O)c2ccc([N+](=O)[O-])cc2)CC(O)C1. The number of hydrogen-bond donors (Lipinski definition) is 1. The zero-order valence-corrected chi connectivity index (χ0v) is 13.3. The number of carbonyl (C=O) groups is 1. The summed E-state index contributed by atoms with van der Waals surface area (Å²) in [7, 11) is -3.90. The van der Waals surface area contributed by atoms with Gasteiger partial charge in [0.05, 0.1) is 15.9 Å². The summed E-state index contributed by atoms with van der Waals surface area (Å²) in [4.78, 5) is 22.7. The van der Waals surface area contributed by atoms with Gasteiger partial charge in [0.15, 0.2) is 0 Å². The van der Waals surface area contributed by atoms with Gasteiger partial charge in [-0.25, -0.2) is 8.42 Å². The van der Waals surface area contributed by atoms with Crippen LogP contribution in [0.2, 0.25) is 0 Å². The molecule has 1 unspecified atom stereocenters. The highest BCUT2D eigenvalue weighted by molar-refractivity contribution is 7.89. The lowest BCUT2D eigenvalue weighted by Gasteiger charge is -2.21. The second-order valence-electron chi connectivity index (χ2n) is 5.23. The summed E-state index contributed by atoms with van der Waals surface area (Å²) in [5, 5.41) is 20.5. The van der Waals surface area contributed by atoms with Crippen molar-refractivity contribution >= 4 is 21.6 Å². The Balaban J connectivity index is 2.24. The number of hydrogen-bond acceptors (Lipinski definition) is 6. The maximum absolute atomic E-state index is 12.6. The fraction of sp³-hybridized carbons (Fsp3) is 0.462. The van der Waals surface area contributed by atoms with Crippen LogP contribution in [0.1, 0.15) is 6.92 Å². The number of rotatable bonds is 3. The van der Waals surface area contributed by atoms with E-state index >= 15 is 0 Å². The van der Waals surface area contributed by atoms with Gasteiger partial charge in [-0.2, -0.15) is 4.31 Å². The molecule has 0 saturated carbocycles. The van der Waals surface area contributed by atoms with E-state index in [9.17, 15) is 28.4 Å². The maximum atomic E-state index is 12.6. The lowest BCUT2D eigenvalue weighted by Crippen LogP contribution is -2.37. The van der Waals surface area contributed by atoms with Crippen molar-refractivity contribution in [2.75, 3.05) is 26.2 Å². The number of non-ortho nitro benzene ring substituents is 1. The molecule has 0 aliphatic carbocycles. The van der Waals surface area contributed by atoms with Gasteiger partial charge in [-0.15, -0.1) is 0 Å². The lowest BCUT2D eigenvalue weighted by molar-refractivity contribution is -0.384. The number of nitro benzene ring substituents is 1.